The summed E-state index contributed by atoms with van der Waals surface area (Å²) in [5.41, 5.74) is 0.435. The van der Waals surface area contributed by atoms with Crippen LogP contribution in [0.4, 0.5) is 0 Å². The Kier molecular flexibility index (Phi) is 6.22. The van der Waals surface area contributed by atoms with Crippen LogP contribution >= 0.6 is 35.6 Å². The third kappa shape index (κ3) is 4.02. The van der Waals surface area contributed by atoms with Gasteiger partial charge in [0.1, 0.15) is 0 Å². The number of halogens is 3. The minimum Gasteiger partial charge on any atom is -0.352 e. The second-order valence-electron chi connectivity index (χ2n) is 4.19. The smallest absolute Gasteiger partial charge is 0.252 e. The Morgan fingerprint density at radius 1 is 1.44 bits per heavy atom. The van der Waals surface area contributed by atoms with Crippen LogP contribution in [0, 0.1) is 5.92 Å². The zero-order chi connectivity index (χ0) is 12.3. The molecule has 1 aromatic rings. The van der Waals surface area contributed by atoms with Gasteiger partial charge in [-0.1, -0.05) is 23.2 Å². The molecule has 0 spiro atoms. The molecule has 1 aromatic carbocycles. The van der Waals surface area contributed by atoms with Crippen LogP contribution in [-0.2, 0) is 0 Å². The van der Waals surface area contributed by atoms with Crippen molar-refractivity contribution in [1.82, 2.24) is 10.6 Å². The van der Waals surface area contributed by atoms with Gasteiger partial charge in [-0.2, -0.15) is 0 Å². The van der Waals surface area contributed by atoms with Crippen molar-refractivity contribution in [2.45, 2.75) is 6.42 Å². The summed E-state index contributed by atoms with van der Waals surface area (Å²) in [6.45, 7) is 2.66. The minimum absolute atomic E-state index is 0. The highest BCUT2D eigenvalue weighted by Gasteiger charge is 2.16. The van der Waals surface area contributed by atoms with E-state index in [9.17, 15) is 4.79 Å². The van der Waals surface area contributed by atoms with Crippen LogP contribution in [0.3, 0.4) is 0 Å². The summed E-state index contributed by atoms with van der Waals surface area (Å²) in [5.74, 6) is 0.348. The molecule has 6 heteroatoms. The van der Waals surface area contributed by atoms with Crippen LogP contribution < -0.4 is 10.6 Å². The first kappa shape index (κ1) is 15.6. The average Bonchev–Trinajstić information content (AvgIpc) is 2.82. The number of hydrogen-bond acceptors (Lipinski definition) is 2. The lowest BCUT2D eigenvalue weighted by molar-refractivity contribution is 0.0948. The molecule has 2 rings (SSSR count). The standard InChI is InChI=1S/C12H14Cl2N2O.ClH/c13-9-1-2-11(14)10(5-9)12(17)16-7-8-3-4-15-6-8;/h1-2,5,8,15H,3-4,6-7H2,(H,16,17);1H. The zero-order valence-electron chi connectivity index (χ0n) is 9.71. The molecule has 3 nitrogen and oxygen atoms in total. The van der Waals surface area contributed by atoms with E-state index in [2.05, 4.69) is 10.6 Å². The molecule has 1 fully saturated rings. The summed E-state index contributed by atoms with van der Waals surface area (Å²) >= 11 is 11.8. The van der Waals surface area contributed by atoms with E-state index in [4.69, 9.17) is 23.2 Å². The van der Waals surface area contributed by atoms with Crippen LogP contribution in [0.2, 0.25) is 10.0 Å². The average molecular weight is 310 g/mol. The van der Waals surface area contributed by atoms with Gasteiger partial charge in [-0.05, 0) is 43.6 Å². The lowest BCUT2D eigenvalue weighted by Gasteiger charge is -2.11. The van der Waals surface area contributed by atoms with Gasteiger partial charge in [-0.15, -0.1) is 12.4 Å². The zero-order valence-corrected chi connectivity index (χ0v) is 12.0. The topological polar surface area (TPSA) is 41.1 Å². The SMILES string of the molecule is Cl.O=C(NCC1CCNC1)c1cc(Cl)ccc1Cl. The first-order valence-electron chi connectivity index (χ1n) is 5.61. The molecule has 1 heterocycles. The highest BCUT2D eigenvalue weighted by molar-refractivity contribution is 6.35. The molecule has 1 aliphatic rings. The van der Waals surface area contributed by atoms with Crippen molar-refractivity contribution < 1.29 is 4.79 Å². The lowest BCUT2D eigenvalue weighted by atomic mass is 10.1. The van der Waals surface area contributed by atoms with Crippen molar-refractivity contribution in [1.29, 1.82) is 0 Å². The number of benzene rings is 1. The quantitative estimate of drug-likeness (QED) is 0.901. The molecule has 1 amide bonds. The number of rotatable bonds is 3. The van der Waals surface area contributed by atoms with Crippen molar-refractivity contribution in [3.8, 4) is 0 Å². The van der Waals surface area contributed by atoms with E-state index in [0.717, 1.165) is 19.5 Å². The summed E-state index contributed by atoms with van der Waals surface area (Å²) in [5, 5.41) is 7.09. The first-order chi connectivity index (χ1) is 8.16. The maximum Gasteiger partial charge on any atom is 0.252 e. The molecule has 0 aliphatic carbocycles. The van der Waals surface area contributed by atoms with Crippen LogP contribution in [0.5, 0.6) is 0 Å². The normalized spacial score (nSPS) is 18.2. The van der Waals surface area contributed by atoms with E-state index in [-0.39, 0.29) is 18.3 Å². The summed E-state index contributed by atoms with van der Waals surface area (Å²) in [7, 11) is 0. The number of carbonyl (C=O) groups is 1. The van der Waals surface area contributed by atoms with Crippen molar-refractivity contribution in [2.24, 2.45) is 5.92 Å². The summed E-state index contributed by atoms with van der Waals surface area (Å²) < 4.78 is 0. The van der Waals surface area contributed by atoms with Gasteiger partial charge < -0.3 is 10.6 Å². The third-order valence-corrected chi connectivity index (χ3v) is 3.45. The number of amides is 1. The van der Waals surface area contributed by atoms with Crippen LogP contribution in [0.25, 0.3) is 0 Å². The Hall–Kier alpha value is -0.480. The molecule has 0 saturated carbocycles. The molecule has 1 atom stereocenters. The van der Waals surface area contributed by atoms with Gasteiger partial charge in [0.25, 0.3) is 5.91 Å². The predicted molar refractivity (Wildman–Crippen MR) is 77.0 cm³/mol. The van der Waals surface area contributed by atoms with E-state index in [0.29, 0.717) is 28.1 Å². The number of carbonyl (C=O) groups excluding carboxylic acids is 1. The van der Waals surface area contributed by atoms with Crippen molar-refractivity contribution >= 4 is 41.5 Å². The fraction of sp³-hybridized carbons (Fsp3) is 0.417. The molecular weight excluding hydrogens is 295 g/mol. The van der Waals surface area contributed by atoms with E-state index < -0.39 is 0 Å². The molecule has 1 unspecified atom stereocenters. The number of hydrogen-bond donors (Lipinski definition) is 2. The summed E-state index contributed by atoms with van der Waals surface area (Å²) in [6, 6.07) is 4.89. The van der Waals surface area contributed by atoms with E-state index >= 15 is 0 Å². The van der Waals surface area contributed by atoms with Crippen LogP contribution in [0.15, 0.2) is 18.2 Å². The third-order valence-electron chi connectivity index (χ3n) is 2.89. The van der Waals surface area contributed by atoms with Crippen molar-refractivity contribution in [2.75, 3.05) is 19.6 Å². The van der Waals surface area contributed by atoms with Gasteiger partial charge in [-0.25, -0.2) is 0 Å². The van der Waals surface area contributed by atoms with E-state index in [1.54, 1.807) is 18.2 Å². The molecule has 0 radical (unpaired) electrons. The first-order valence-corrected chi connectivity index (χ1v) is 6.36. The predicted octanol–water partition coefficient (Wildman–Crippen LogP) is 2.75. The molecule has 1 aliphatic heterocycles. The molecule has 2 N–H and O–H groups in total. The van der Waals surface area contributed by atoms with Gasteiger partial charge in [0, 0.05) is 11.6 Å². The largest absolute Gasteiger partial charge is 0.352 e. The fourth-order valence-corrected chi connectivity index (χ4v) is 2.27. The Morgan fingerprint density at radius 2 is 2.22 bits per heavy atom. The van der Waals surface area contributed by atoms with Gasteiger partial charge in [-0.3, -0.25) is 4.79 Å². The summed E-state index contributed by atoms with van der Waals surface area (Å²) in [4.78, 5) is 11.9. The Bertz CT molecular complexity index is 420. The lowest BCUT2D eigenvalue weighted by Crippen LogP contribution is -2.30. The van der Waals surface area contributed by atoms with Gasteiger partial charge in [0.15, 0.2) is 0 Å². The van der Waals surface area contributed by atoms with Crippen molar-refractivity contribution in [3.63, 3.8) is 0 Å². The van der Waals surface area contributed by atoms with Gasteiger partial charge in [0.2, 0.25) is 0 Å². The molecule has 18 heavy (non-hydrogen) atoms. The minimum atomic E-state index is -0.163. The maximum atomic E-state index is 11.9. The molecular formula is C12H15Cl3N2O. The highest BCUT2D eigenvalue weighted by Crippen LogP contribution is 2.20. The van der Waals surface area contributed by atoms with Gasteiger partial charge >= 0.3 is 0 Å². The summed E-state index contributed by atoms with van der Waals surface area (Å²) in [6.07, 6.45) is 1.10. The molecule has 100 valence electrons. The van der Waals surface area contributed by atoms with Crippen molar-refractivity contribution in [3.05, 3.63) is 33.8 Å². The molecule has 0 bridgehead atoms. The second kappa shape index (κ2) is 7.19. The van der Waals surface area contributed by atoms with E-state index in [1.807, 2.05) is 0 Å². The Labute approximate surface area is 123 Å². The monoisotopic (exact) mass is 308 g/mol. The Balaban J connectivity index is 0.00000162. The fourth-order valence-electron chi connectivity index (χ4n) is 1.89. The Morgan fingerprint density at radius 3 is 2.89 bits per heavy atom. The van der Waals surface area contributed by atoms with Gasteiger partial charge in [0.05, 0.1) is 10.6 Å². The van der Waals surface area contributed by atoms with Crippen LogP contribution in [-0.4, -0.2) is 25.5 Å². The number of nitrogens with one attached hydrogen (secondary N) is 2. The second-order valence-corrected chi connectivity index (χ2v) is 5.04. The maximum absolute atomic E-state index is 11.9. The van der Waals surface area contributed by atoms with Crippen LogP contribution in [0.1, 0.15) is 16.8 Å². The van der Waals surface area contributed by atoms with E-state index in [1.165, 1.54) is 0 Å². The highest BCUT2D eigenvalue weighted by atomic mass is 35.5. The molecule has 1 saturated heterocycles. The molecule has 0 aromatic heterocycles.